The molecule has 0 saturated heterocycles. The lowest BCUT2D eigenvalue weighted by molar-refractivity contribution is 0.0606. The van der Waals surface area contributed by atoms with Crippen LogP contribution in [0.2, 0.25) is 0 Å². The van der Waals surface area contributed by atoms with Gasteiger partial charge in [0.2, 0.25) is 10.0 Å². The van der Waals surface area contributed by atoms with E-state index in [2.05, 4.69) is 35.4 Å². The summed E-state index contributed by atoms with van der Waals surface area (Å²) < 4.78 is 31.8. The lowest BCUT2D eigenvalue weighted by Crippen LogP contribution is -2.26. The Morgan fingerprint density at radius 2 is 2.33 bits per heavy atom. The van der Waals surface area contributed by atoms with Crippen molar-refractivity contribution in [3.8, 4) is 0 Å². The smallest absolute Gasteiger partial charge is 0.348 e. The molecule has 0 unspecified atom stereocenters. The highest BCUT2D eigenvalue weighted by Crippen LogP contribution is 2.31. The van der Waals surface area contributed by atoms with Gasteiger partial charge in [0.1, 0.15) is 15.6 Å². The molecule has 0 saturated carbocycles. The first-order valence-corrected chi connectivity index (χ1v) is 8.89. The van der Waals surface area contributed by atoms with Gasteiger partial charge in [0.05, 0.1) is 10.9 Å². The first kappa shape index (κ1) is 16.1. The Kier molecular flexibility index (Phi) is 5.14. The van der Waals surface area contributed by atoms with Crippen molar-refractivity contribution in [1.82, 2.24) is 14.7 Å². The van der Waals surface area contributed by atoms with E-state index in [1.54, 1.807) is 12.4 Å². The molecule has 2 N–H and O–H groups in total. The van der Waals surface area contributed by atoms with Crippen LogP contribution in [-0.2, 0) is 21.2 Å². The molecule has 0 atom stereocenters. The van der Waals surface area contributed by atoms with Crippen molar-refractivity contribution in [2.45, 2.75) is 11.3 Å². The lowest BCUT2D eigenvalue weighted by Gasteiger charge is -2.04. The maximum absolute atomic E-state index is 12.2. The summed E-state index contributed by atoms with van der Waals surface area (Å²) in [7, 11) is -2.46. The van der Waals surface area contributed by atoms with E-state index in [4.69, 9.17) is 0 Å². The molecule has 0 spiro atoms. The van der Waals surface area contributed by atoms with E-state index < -0.39 is 16.0 Å². The largest absolute Gasteiger partial charge is 0.465 e. The first-order chi connectivity index (χ1) is 9.94. The van der Waals surface area contributed by atoms with Crippen LogP contribution in [0.1, 0.15) is 15.5 Å². The van der Waals surface area contributed by atoms with Gasteiger partial charge in [-0.2, -0.15) is 0 Å². The third-order valence-corrected chi connectivity index (χ3v) is 6.23. The number of ether oxygens (including phenoxy) is 1. The summed E-state index contributed by atoms with van der Waals surface area (Å²) >= 11 is 4.16. The molecule has 10 heteroatoms. The summed E-state index contributed by atoms with van der Waals surface area (Å²) in [5, 5.41) is 0. The van der Waals surface area contributed by atoms with E-state index in [9.17, 15) is 13.2 Å². The summed E-state index contributed by atoms with van der Waals surface area (Å²) in [4.78, 5) is 18.5. The number of hydrogen-bond acceptors (Lipinski definition) is 6. The minimum absolute atomic E-state index is 0.0207. The van der Waals surface area contributed by atoms with Crippen LogP contribution in [0.4, 0.5) is 0 Å². The van der Waals surface area contributed by atoms with Gasteiger partial charge in [-0.05, 0) is 22.0 Å². The van der Waals surface area contributed by atoms with Crippen molar-refractivity contribution in [3.63, 3.8) is 0 Å². The van der Waals surface area contributed by atoms with Gasteiger partial charge in [-0.15, -0.1) is 11.3 Å². The number of nitrogens with one attached hydrogen (secondary N) is 2. The SMILES string of the molecule is COC(=O)c1cc(S(=O)(=O)NCCc2ncc[nH]2)c(Br)s1. The number of methoxy groups -OCH3 is 1. The molecule has 2 rings (SSSR count). The number of hydrogen-bond donors (Lipinski definition) is 2. The highest BCUT2D eigenvalue weighted by molar-refractivity contribution is 9.11. The molecular formula is C11H12BrN3O4S2. The maximum Gasteiger partial charge on any atom is 0.348 e. The average Bonchev–Trinajstić information content (AvgIpc) is 3.07. The van der Waals surface area contributed by atoms with E-state index >= 15 is 0 Å². The van der Waals surface area contributed by atoms with Crippen LogP contribution in [0, 0.1) is 0 Å². The molecule has 0 amide bonds. The fraction of sp³-hybridized carbons (Fsp3) is 0.273. The second-order valence-electron chi connectivity index (χ2n) is 3.92. The molecule has 0 aliphatic heterocycles. The average molecular weight is 394 g/mol. The van der Waals surface area contributed by atoms with Gasteiger partial charge in [-0.1, -0.05) is 0 Å². The normalized spacial score (nSPS) is 11.5. The van der Waals surface area contributed by atoms with Crippen LogP contribution in [0.15, 0.2) is 27.1 Å². The number of aromatic amines is 1. The number of thiophene rings is 1. The number of aromatic nitrogens is 2. The van der Waals surface area contributed by atoms with Crippen molar-refractivity contribution in [3.05, 3.63) is 32.9 Å². The number of sulfonamides is 1. The molecule has 0 aliphatic rings. The number of carbonyl (C=O) groups is 1. The van der Waals surface area contributed by atoms with E-state index in [1.165, 1.54) is 13.2 Å². The summed E-state index contributed by atoms with van der Waals surface area (Å²) in [6.07, 6.45) is 3.71. The molecule has 0 aromatic carbocycles. The summed E-state index contributed by atoms with van der Waals surface area (Å²) in [6.45, 7) is 0.200. The molecular weight excluding hydrogens is 382 g/mol. The van der Waals surface area contributed by atoms with Gasteiger partial charge in [0.15, 0.2) is 0 Å². The second-order valence-corrected chi connectivity index (χ2v) is 8.03. The van der Waals surface area contributed by atoms with Crippen LogP contribution in [0.5, 0.6) is 0 Å². The highest BCUT2D eigenvalue weighted by atomic mass is 79.9. The molecule has 7 nitrogen and oxygen atoms in total. The Morgan fingerprint density at radius 3 is 2.95 bits per heavy atom. The Hall–Kier alpha value is -1.23. The predicted octanol–water partition coefficient (Wildman–Crippen LogP) is 1.54. The molecule has 0 bridgehead atoms. The van der Waals surface area contributed by atoms with E-state index in [1.807, 2.05) is 0 Å². The zero-order valence-corrected chi connectivity index (χ0v) is 14.1. The van der Waals surface area contributed by atoms with Gasteiger partial charge >= 0.3 is 5.97 Å². The van der Waals surface area contributed by atoms with Crippen molar-refractivity contribution >= 4 is 43.3 Å². The molecule has 0 radical (unpaired) electrons. The number of halogens is 1. The van der Waals surface area contributed by atoms with Crippen molar-refractivity contribution in [2.24, 2.45) is 0 Å². The third kappa shape index (κ3) is 3.90. The Bertz CT molecular complexity index is 725. The monoisotopic (exact) mass is 393 g/mol. The van der Waals surface area contributed by atoms with Crippen LogP contribution < -0.4 is 4.72 Å². The van der Waals surface area contributed by atoms with Crippen LogP contribution in [0.3, 0.4) is 0 Å². The molecule has 2 aromatic heterocycles. The van der Waals surface area contributed by atoms with Crippen molar-refractivity contribution < 1.29 is 17.9 Å². The topological polar surface area (TPSA) is 101 Å². The fourth-order valence-corrected chi connectivity index (χ4v) is 5.07. The molecule has 21 heavy (non-hydrogen) atoms. The van der Waals surface area contributed by atoms with Crippen LogP contribution >= 0.6 is 27.3 Å². The molecule has 114 valence electrons. The molecule has 0 aliphatic carbocycles. The lowest BCUT2D eigenvalue weighted by atomic mass is 10.4. The first-order valence-electron chi connectivity index (χ1n) is 5.79. The number of imidazole rings is 1. The number of esters is 1. The summed E-state index contributed by atoms with van der Waals surface area (Å²) in [6, 6.07) is 1.29. The molecule has 0 fully saturated rings. The minimum Gasteiger partial charge on any atom is -0.465 e. The van der Waals surface area contributed by atoms with Gasteiger partial charge in [0.25, 0.3) is 0 Å². The highest BCUT2D eigenvalue weighted by Gasteiger charge is 2.23. The van der Waals surface area contributed by atoms with Gasteiger partial charge < -0.3 is 9.72 Å². The quantitative estimate of drug-likeness (QED) is 0.724. The fourth-order valence-electron chi connectivity index (χ4n) is 1.55. The van der Waals surface area contributed by atoms with Gasteiger partial charge in [0, 0.05) is 25.4 Å². The summed E-state index contributed by atoms with van der Waals surface area (Å²) in [5.74, 6) is 0.120. The van der Waals surface area contributed by atoms with E-state index in [-0.39, 0.29) is 16.3 Å². The van der Waals surface area contributed by atoms with Crippen molar-refractivity contribution in [1.29, 1.82) is 0 Å². The van der Waals surface area contributed by atoms with Crippen LogP contribution in [-0.4, -0.2) is 38.0 Å². The zero-order valence-electron chi connectivity index (χ0n) is 10.9. The standard InChI is InChI=1S/C11H12BrN3O4S2/c1-19-11(16)7-6-8(10(12)20-7)21(17,18)15-3-2-9-13-4-5-14-9/h4-6,15H,2-3H2,1H3,(H,13,14). The van der Waals surface area contributed by atoms with Crippen molar-refractivity contribution in [2.75, 3.05) is 13.7 Å². The number of carbonyl (C=O) groups excluding carboxylic acids is 1. The Balaban J connectivity index is 2.08. The minimum atomic E-state index is -3.70. The number of H-pyrrole nitrogens is 1. The maximum atomic E-state index is 12.2. The van der Waals surface area contributed by atoms with Crippen LogP contribution in [0.25, 0.3) is 0 Å². The number of nitrogens with zero attached hydrogens (tertiary/aromatic N) is 1. The number of rotatable bonds is 6. The zero-order chi connectivity index (χ0) is 15.5. The second kappa shape index (κ2) is 6.69. The molecule has 2 heterocycles. The van der Waals surface area contributed by atoms with Gasteiger partial charge in [-0.25, -0.2) is 22.9 Å². The predicted molar refractivity (Wildman–Crippen MR) is 80.8 cm³/mol. The van der Waals surface area contributed by atoms with E-state index in [0.717, 1.165) is 11.3 Å². The van der Waals surface area contributed by atoms with Gasteiger partial charge in [-0.3, -0.25) is 0 Å². The molecule has 2 aromatic rings. The summed E-state index contributed by atoms with van der Waals surface area (Å²) in [5.41, 5.74) is 0. The Morgan fingerprint density at radius 1 is 1.57 bits per heavy atom. The Labute approximate surface area is 133 Å². The van der Waals surface area contributed by atoms with E-state index in [0.29, 0.717) is 16.0 Å². The third-order valence-electron chi connectivity index (χ3n) is 2.54.